The number of rotatable bonds is 7. The topological polar surface area (TPSA) is 67.2 Å². The van der Waals surface area contributed by atoms with Gasteiger partial charge >= 0.3 is 6.18 Å². The second kappa shape index (κ2) is 10.2. The molecule has 0 aliphatic carbocycles. The van der Waals surface area contributed by atoms with Gasteiger partial charge in [0, 0.05) is 12.7 Å². The normalized spacial score (nSPS) is 11.4. The summed E-state index contributed by atoms with van der Waals surface area (Å²) in [4.78, 5) is 30.9. The third-order valence-corrected chi connectivity index (χ3v) is 6.11. The molecule has 4 aromatic rings. The van der Waals surface area contributed by atoms with Gasteiger partial charge in [0.15, 0.2) is 5.16 Å². The molecule has 0 aliphatic rings. The van der Waals surface area contributed by atoms with Gasteiger partial charge in [-0.1, -0.05) is 54.2 Å². The lowest BCUT2D eigenvalue weighted by Crippen LogP contribution is -2.36. The Morgan fingerprint density at radius 3 is 2.37 bits per heavy atom. The van der Waals surface area contributed by atoms with Crippen LogP contribution < -0.4 is 5.32 Å². The van der Waals surface area contributed by atoms with E-state index in [2.05, 4.69) is 10.3 Å². The van der Waals surface area contributed by atoms with Crippen molar-refractivity contribution in [3.8, 4) is 5.69 Å². The summed E-state index contributed by atoms with van der Waals surface area (Å²) >= 11 is 1.22. The minimum Gasteiger partial charge on any atom is -0.336 e. The van der Waals surface area contributed by atoms with Gasteiger partial charge in [-0.15, -0.1) is 0 Å². The number of hydrogen-bond donors (Lipinski definition) is 1. The number of hydrogen-bond acceptors (Lipinski definition) is 4. The summed E-state index contributed by atoms with van der Waals surface area (Å²) in [5.74, 6) is -1.08. The molecule has 0 aliphatic heterocycles. The lowest BCUT2D eigenvalue weighted by atomic mass is 10.1. The summed E-state index contributed by atoms with van der Waals surface area (Å²) in [6.07, 6.45) is -4.60. The van der Waals surface area contributed by atoms with Crippen molar-refractivity contribution in [1.29, 1.82) is 0 Å². The summed E-state index contributed by atoms with van der Waals surface area (Å²) in [6.45, 7) is -0.388. The van der Waals surface area contributed by atoms with Crippen LogP contribution in [-0.4, -0.2) is 45.6 Å². The Labute approximate surface area is 203 Å². The number of nitrogens with one attached hydrogen (secondary N) is 1. The molecule has 1 aromatic heterocycles. The number of imidazole rings is 1. The van der Waals surface area contributed by atoms with Crippen LogP contribution in [0.5, 0.6) is 0 Å². The Balaban J connectivity index is 1.43. The maximum absolute atomic E-state index is 13.2. The standard InChI is InChI=1S/C25H21F3N4O2S/c1-31(15-22(33)29-19-12-6-5-11-18(19)25(26,27)28)23(34)16-35-24-30-20-13-7-8-14-21(20)32(24)17-9-3-2-4-10-17/h2-14H,15-16H2,1H3,(H,29,33). The molecule has 6 nitrogen and oxygen atoms in total. The van der Waals surface area contributed by atoms with Crippen LogP contribution in [0.1, 0.15) is 5.56 Å². The molecule has 10 heteroatoms. The van der Waals surface area contributed by atoms with E-state index in [0.29, 0.717) is 5.16 Å². The first kappa shape index (κ1) is 24.3. The highest BCUT2D eigenvalue weighted by atomic mass is 32.2. The number of likely N-dealkylation sites (N-methyl/N-ethyl adjacent to an activating group) is 1. The molecule has 0 saturated carbocycles. The van der Waals surface area contributed by atoms with Gasteiger partial charge in [0.2, 0.25) is 11.8 Å². The number of alkyl halides is 3. The van der Waals surface area contributed by atoms with E-state index in [1.807, 2.05) is 59.2 Å². The number of nitrogens with zero attached hydrogens (tertiary/aromatic N) is 3. The predicted molar refractivity (Wildman–Crippen MR) is 130 cm³/mol. The molecular formula is C25H21F3N4O2S. The number of amides is 2. The number of halogens is 3. The van der Waals surface area contributed by atoms with Gasteiger partial charge in [-0.2, -0.15) is 13.2 Å². The maximum atomic E-state index is 13.2. The van der Waals surface area contributed by atoms with Crippen molar-refractivity contribution in [3.63, 3.8) is 0 Å². The monoisotopic (exact) mass is 498 g/mol. The van der Waals surface area contributed by atoms with Crippen LogP contribution >= 0.6 is 11.8 Å². The van der Waals surface area contributed by atoms with E-state index in [0.717, 1.165) is 22.8 Å². The van der Waals surface area contributed by atoms with Crippen molar-refractivity contribution in [2.45, 2.75) is 11.3 Å². The van der Waals surface area contributed by atoms with Crippen LogP contribution in [-0.2, 0) is 15.8 Å². The molecule has 0 spiro atoms. The highest BCUT2D eigenvalue weighted by Gasteiger charge is 2.33. The molecule has 1 N–H and O–H groups in total. The largest absolute Gasteiger partial charge is 0.418 e. The molecule has 3 aromatic carbocycles. The number of anilines is 1. The Hall–Kier alpha value is -3.79. The van der Waals surface area contributed by atoms with Crippen LogP contribution in [0, 0.1) is 0 Å². The van der Waals surface area contributed by atoms with Crippen molar-refractivity contribution in [2.24, 2.45) is 0 Å². The van der Waals surface area contributed by atoms with E-state index in [1.165, 1.54) is 41.9 Å². The summed E-state index contributed by atoms with van der Waals surface area (Å²) in [7, 11) is 1.43. The molecule has 4 rings (SSSR count). The quantitative estimate of drug-likeness (QED) is 0.354. The van der Waals surface area contributed by atoms with Gasteiger partial charge in [-0.3, -0.25) is 14.2 Å². The molecule has 0 fully saturated rings. The molecule has 0 saturated heterocycles. The first-order valence-electron chi connectivity index (χ1n) is 10.6. The van der Waals surface area contributed by atoms with Crippen molar-refractivity contribution in [1.82, 2.24) is 14.5 Å². The van der Waals surface area contributed by atoms with Gasteiger partial charge in [0.1, 0.15) is 0 Å². The van der Waals surface area contributed by atoms with Crippen molar-refractivity contribution in [3.05, 3.63) is 84.4 Å². The van der Waals surface area contributed by atoms with E-state index in [1.54, 1.807) is 0 Å². The predicted octanol–water partition coefficient (Wildman–Crippen LogP) is 5.23. The molecule has 0 bridgehead atoms. The smallest absolute Gasteiger partial charge is 0.336 e. The second-order valence-electron chi connectivity index (χ2n) is 7.68. The first-order chi connectivity index (χ1) is 16.7. The molecule has 35 heavy (non-hydrogen) atoms. The fourth-order valence-corrected chi connectivity index (χ4v) is 4.47. The molecular weight excluding hydrogens is 477 g/mol. The van der Waals surface area contributed by atoms with Crippen LogP contribution in [0.15, 0.2) is 84.0 Å². The molecule has 1 heterocycles. The van der Waals surface area contributed by atoms with E-state index in [9.17, 15) is 22.8 Å². The second-order valence-corrected chi connectivity index (χ2v) is 8.63. The molecule has 0 radical (unpaired) electrons. The van der Waals surface area contributed by atoms with Gasteiger partial charge < -0.3 is 10.2 Å². The van der Waals surface area contributed by atoms with Crippen LogP contribution in [0.4, 0.5) is 18.9 Å². The van der Waals surface area contributed by atoms with Crippen LogP contribution in [0.2, 0.25) is 0 Å². The zero-order valence-corrected chi connectivity index (χ0v) is 19.4. The molecule has 2 amide bonds. The molecule has 180 valence electrons. The van der Waals surface area contributed by atoms with Crippen LogP contribution in [0.25, 0.3) is 16.7 Å². The number of thioether (sulfide) groups is 1. The Morgan fingerprint density at radius 2 is 1.63 bits per heavy atom. The number of carbonyl (C=O) groups is 2. The van der Waals surface area contributed by atoms with Crippen molar-refractivity contribution < 1.29 is 22.8 Å². The Bertz CT molecular complexity index is 1360. The fourth-order valence-electron chi connectivity index (χ4n) is 3.50. The van der Waals surface area contributed by atoms with Crippen LogP contribution in [0.3, 0.4) is 0 Å². The SMILES string of the molecule is CN(CC(=O)Nc1ccccc1C(F)(F)F)C(=O)CSc1nc2ccccc2n1-c1ccccc1. The first-order valence-corrected chi connectivity index (χ1v) is 11.6. The number of carbonyl (C=O) groups excluding carboxylic acids is 2. The van der Waals surface area contributed by atoms with Gasteiger partial charge in [-0.25, -0.2) is 4.98 Å². The average molecular weight is 499 g/mol. The summed E-state index contributed by atoms with van der Waals surface area (Å²) in [5, 5.41) is 2.86. The fraction of sp³-hybridized carbons (Fsp3) is 0.160. The summed E-state index contributed by atoms with van der Waals surface area (Å²) in [5.41, 5.74) is 1.27. The lowest BCUT2D eigenvalue weighted by molar-refractivity contribution is -0.137. The number of aromatic nitrogens is 2. The minimum absolute atomic E-state index is 0.000919. The Kier molecular flexibility index (Phi) is 7.11. The van der Waals surface area contributed by atoms with Gasteiger partial charge in [0.05, 0.1) is 34.6 Å². The number of benzene rings is 3. The zero-order valence-electron chi connectivity index (χ0n) is 18.6. The van der Waals surface area contributed by atoms with E-state index in [4.69, 9.17) is 0 Å². The highest BCUT2D eigenvalue weighted by molar-refractivity contribution is 7.99. The van der Waals surface area contributed by atoms with E-state index >= 15 is 0 Å². The average Bonchev–Trinajstić information content (AvgIpc) is 3.21. The number of para-hydroxylation sites is 4. The molecule has 0 unspecified atom stereocenters. The van der Waals surface area contributed by atoms with E-state index in [-0.39, 0.29) is 23.9 Å². The third kappa shape index (κ3) is 5.65. The van der Waals surface area contributed by atoms with Gasteiger partial charge in [-0.05, 0) is 36.4 Å². The highest BCUT2D eigenvalue weighted by Crippen LogP contribution is 2.34. The minimum atomic E-state index is -4.60. The summed E-state index contributed by atoms with van der Waals surface area (Å²) < 4.78 is 41.4. The Morgan fingerprint density at radius 1 is 0.971 bits per heavy atom. The third-order valence-electron chi connectivity index (χ3n) is 5.18. The maximum Gasteiger partial charge on any atom is 0.418 e. The zero-order chi connectivity index (χ0) is 25.0. The number of fused-ring (bicyclic) bond motifs is 1. The lowest BCUT2D eigenvalue weighted by Gasteiger charge is -2.18. The van der Waals surface area contributed by atoms with Gasteiger partial charge in [0.25, 0.3) is 0 Å². The van der Waals surface area contributed by atoms with E-state index < -0.39 is 17.6 Å². The van der Waals surface area contributed by atoms with Crippen molar-refractivity contribution >= 4 is 40.3 Å². The van der Waals surface area contributed by atoms with Crippen molar-refractivity contribution in [2.75, 3.05) is 24.7 Å². The molecule has 0 atom stereocenters. The summed E-state index contributed by atoms with van der Waals surface area (Å²) in [6, 6.07) is 21.9.